The van der Waals surface area contributed by atoms with Crippen molar-refractivity contribution in [2.24, 2.45) is 0 Å². The molecule has 2 aromatic rings. The zero-order valence-electron chi connectivity index (χ0n) is 10.2. The third kappa shape index (κ3) is 2.07. The van der Waals surface area contributed by atoms with Crippen molar-refractivity contribution in [2.45, 2.75) is 24.7 Å². The van der Waals surface area contributed by atoms with Crippen LogP contribution in [0.5, 0.6) is 0 Å². The Morgan fingerprint density at radius 1 is 1.17 bits per heavy atom. The van der Waals surface area contributed by atoms with Crippen molar-refractivity contribution in [3.05, 3.63) is 35.9 Å². The Morgan fingerprint density at radius 3 is 2.22 bits per heavy atom. The van der Waals surface area contributed by atoms with Crippen LogP contribution in [0.1, 0.15) is 25.3 Å². The third-order valence-electron chi connectivity index (χ3n) is 2.98. The Balaban J connectivity index is 2.98. The molecule has 0 aliphatic rings. The van der Waals surface area contributed by atoms with Crippen molar-refractivity contribution in [2.75, 3.05) is 5.73 Å². The lowest BCUT2D eigenvalue weighted by atomic mass is 9.96. The Morgan fingerprint density at radius 2 is 1.72 bits per heavy atom. The number of anilines is 1. The van der Waals surface area contributed by atoms with E-state index in [2.05, 4.69) is 0 Å². The lowest BCUT2D eigenvalue weighted by Gasteiger charge is -2.14. The van der Waals surface area contributed by atoms with Crippen LogP contribution in [0, 0.1) is 0 Å². The molecule has 0 saturated carbocycles. The molecular formula is C13H15NO3S. The predicted octanol–water partition coefficient (Wildman–Crippen LogP) is 2.79. The van der Waals surface area contributed by atoms with Crippen molar-refractivity contribution >= 4 is 26.6 Å². The van der Waals surface area contributed by atoms with Crippen LogP contribution in [0.4, 0.5) is 5.69 Å². The van der Waals surface area contributed by atoms with E-state index in [0.29, 0.717) is 16.5 Å². The van der Waals surface area contributed by atoms with Crippen LogP contribution in [0.3, 0.4) is 0 Å². The zero-order chi connectivity index (χ0) is 13.5. The second-order valence-corrected chi connectivity index (χ2v) is 5.94. The number of nitrogens with two attached hydrogens (primary N) is 1. The van der Waals surface area contributed by atoms with E-state index in [1.807, 2.05) is 13.8 Å². The van der Waals surface area contributed by atoms with E-state index in [-0.39, 0.29) is 10.8 Å². The van der Waals surface area contributed by atoms with Gasteiger partial charge in [0, 0.05) is 16.5 Å². The van der Waals surface area contributed by atoms with Crippen LogP contribution in [0.25, 0.3) is 10.8 Å². The number of nitrogen functional groups attached to an aromatic ring is 1. The summed E-state index contributed by atoms with van der Waals surface area (Å²) in [6.45, 7) is 3.85. The van der Waals surface area contributed by atoms with Crippen LogP contribution < -0.4 is 5.73 Å². The minimum atomic E-state index is -4.26. The van der Waals surface area contributed by atoms with Crippen molar-refractivity contribution in [1.82, 2.24) is 0 Å². The molecule has 4 nitrogen and oxygen atoms in total. The quantitative estimate of drug-likeness (QED) is 0.646. The molecule has 2 rings (SSSR count). The zero-order valence-corrected chi connectivity index (χ0v) is 11.0. The summed E-state index contributed by atoms with van der Waals surface area (Å²) in [6, 6.07) is 8.35. The number of hydrogen-bond acceptors (Lipinski definition) is 3. The molecule has 0 amide bonds. The second-order valence-electron chi connectivity index (χ2n) is 4.55. The average Bonchev–Trinajstić information content (AvgIpc) is 2.27. The highest BCUT2D eigenvalue weighted by Gasteiger charge is 2.19. The molecule has 2 aromatic carbocycles. The van der Waals surface area contributed by atoms with Crippen LogP contribution in [-0.2, 0) is 10.1 Å². The number of benzene rings is 2. The summed E-state index contributed by atoms with van der Waals surface area (Å²) in [5.41, 5.74) is 7.34. The fourth-order valence-electron chi connectivity index (χ4n) is 2.08. The first-order chi connectivity index (χ1) is 8.32. The molecule has 0 aliphatic carbocycles. The molecular weight excluding hydrogens is 250 g/mol. The smallest absolute Gasteiger partial charge is 0.295 e. The Hall–Kier alpha value is -1.59. The van der Waals surface area contributed by atoms with Crippen LogP contribution in [0.15, 0.2) is 35.2 Å². The fraction of sp³-hybridized carbons (Fsp3) is 0.231. The lowest BCUT2D eigenvalue weighted by Crippen LogP contribution is -2.05. The van der Waals surface area contributed by atoms with Gasteiger partial charge in [-0.1, -0.05) is 38.1 Å². The van der Waals surface area contributed by atoms with Gasteiger partial charge in [0.05, 0.1) is 0 Å². The summed E-state index contributed by atoms with van der Waals surface area (Å²) >= 11 is 0. The Bertz CT molecular complexity index is 705. The minimum Gasteiger partial charge on any atom is -0.398 e. The highest BCUT2D eigenvalue weighted by atomic mass is 32.2. The van der Waals surface area contributed by atoms with Gasteiger partial charge < -0.3 is 5.73 Å². The SMILES string of the molecule is CC(C)c1cc(S(=O)(=O)O)c2ccccc2c1N. The Labute approximate surface area is 106 Å². The fourth-order valence-corrected chi connectivity index (χ4v) is 2.81. The van der Waals surface area contributed by atoms with E-state index in [1.165, 1.54) is 6.07 Å². The van der Waals surface area contributed by atoms with Crippen molar-refractivity contribution in [3.63, 3.8) is 0 Å². The van der Waals surface area contributed by atoms with E-state index in [4.69, 9.17) is 5.73 Å². The van der Waals surface area contributed by atoms with Gasteiger partial charge in [0.25, 0.3) is 10.1 Å². The molecule has 0 unspecified atom stereocenters. The number of rotatable bonds is 2. The summed E-state index contributed by atoms with van der Waals surface area (Å²) in [6.07, 6.45) is 0. The van der Waals surface area contributed by atoms with Crippen LogP contribution in [0.2, 0.25) is 0 Å². The van der Waals surface area contributed by atoms with Crippen LogP contribution >= 0.6 is 0 Å². The Kier molecular flexibility index (Phi) is 3.04. The second kappa shape index (κ2) is 4.26. The molecule has 0 fully saturated rings. The maximum atomic E-state index is 11.4. The topological polar surface area (TPSA) is 80.4 Å². The van der Waals surface area contributed by atoms with Gasteiger partial charge in [0.1, 0.15) is 4.90 Å². The van der Waals surface area contributed by atoms with Gasteiger partial charge >= 0.3 is 0 Å². The molecule has 0 saturated heterocycles. The highest BCUT2D eigenvalue weighted by molar-refractivity contribution is 7.86. The molecule has 0 spiro atoms. The summed E-state index contributed by atoms with van der Waals surface area (Å²) in [5, 5.41) is 1.10. The molecule has 3 N–H and O–H groups in total. The monoisotopic (exact) mass is 265 g/mol. The predicted molar refractivity (Wildman–Crippen MR) is 72.3 cm³/mol. The summed E-state index contributed by atoms with van der Waals surface area (Å²) in [7, 11) is -4.26. The first kappa shape index (κ1) is 12.9. The van der Waals surface area contributed by atoms with E-state index in [9.17, 15) is 13.0 Å². The van der Waals surface area contributed by atoms with E-state index in [0.717, 1.165) is 5.56 Å². The molecule has 96 valence electrons. The largest absolute Gasteiger partial charge is 0.398 e. The molecule has 0 heterocycles. The van der Waals surface area contributed by atoms with Gasteiger partial charge in [-0.15, -0.1) is 0 Å². The molecule has 0 aromatic heterocycles. The standard InChI is InChI=1S/C13H15NO3S/c1-8(2)11-7-12(18(15,16)17)9-5-3-4-6-10(9)13(11)14/h3-8H,14H2,1-2H3,(H,15,16,17). The van der Waals surface area contributed by atoms with Gasteiger partial charge in [-0.05, 0) is 17.5 Å². The lowest BCUT2D eigenvalue weighted by molar-refractivity contribution is 0.484. The maximum absolute atomic E-state index is 11.4. The van der Waals surface area contributed by atoms with E-state index in [1.54, 1.807) is 24.3 Å². The van der Waals surface area contributed by atoms with E-state index < -0.39 is 10.1 Å². The van der Waals surface area contributed by atoms with Crippen molar-refractivity contribution < 1.29 is 13.0 Å². The van der Waals surface area contributed by atoms with Gasteiger partial charge in [-0.25, -0.2) is 0 Å². The third-order valence-corrected chi connectivity index (χ3v) is 3.87. The van der Waals surface area contributed by atoms with E-state index >= 15 is 0 Å². The van der Waals surface area contributed by atoms with Gasteiger partial charge in [0.15, 0.2) is 0 Å². The summed E-state index contributed by atoms with van der Waals surface area (Å²) in [4.78, 5) is -0.0870. The molecule has 0 atom stereocenters. The summed E-state index contributed by atoms with van der Waals surface area (Å²) in [5.74, 6) is 0.0788. The molecule has 0 bridgehead atoms. The first-order valence-corrected chi connectivity index (χ1v) is 7.05. The van der Waals surface area contributed by atoms with Crippen molar-refractivity contribution in [1.29, 1.82) is 0 Å². The van der Waals surface area contributed by atoms with Gasteiger partial charge in [0.2, 0.25) is 0 Å². The summed E-state index contributed by atoms with van der Waals surface area (Å²) < 4.78 is 32.2. The molecule has 0 aliphatic heterocycles. The highest BCUT2D eigenvalue weighted by Crippen LogP contribution is 2.34. The van der Waals surface area contributed by atoms with Gasteiger partial charge in [-0.2, -0.15) is 8.42 Å². The van der Waals surface area contributed by atoms with Crippen molar-refractivity contribution in [3.8, 4) is 0 Å². The number of fused-ring (bicyclic) bond motifs is 1. The normalized spacial score (nSPS) is 12.2. The molecule has 18 heavy (non-hydrogen) atoms. The molecule has 0 radical (unpaired) electrons. The molecule has 5 heteroatoms. The maximum Gasteiger partial charge on any atom is 0.295 e. The van der Waals surface area contributed by atoms with Gasteiger partial charge in [-0.3, -0.25) is 4.55 Å². The first-order valence-electron chi connectivity index (χ1n) is 5.61. The number of hydrogen-bond donors (Lipinski definition) is 2. The minimum absolute atomic E-state index is 0.0788. The van der Waals surface area contributed by atoms with Crippen LogP contribution in [-0.4, -0.2) is 13.0 Å². The average molecular weight is 265 g/mol.